The number of hydrogen-bond donors (Lipinski definition) is 1. The minimum Gasteiger partial charge on any atom is -0.452 e. The van der Waals surface area contributed by atoms with Crippen molar-refractivity contribution in [1.82, 2.24) is 4.90 Å². The molecule has 6 heteroatoms. The molecule has 1 aliphatic rings. The zero-order chi connectivity index (χ0) is 14.0. The molecule has 1 fully saturated rings. The van der Waals surface area contributed by atoms with Crippen LogP contribution in [0.3, 0.4) is 0 Å². The second-order valence-corrected chi connectivity index (χ2v) is 4.55. The van der Waals surface area contributed by atoms with Crippen molar-refractivity contribution >= 4 is 17.6 Å². The fourth-order valence-corrected chi connectivity index (χ4v) is 1.67. The first-order chi connectivity index (χ1) is 8.99. The number of anilines is 1. The lowest BCUT2D eigenvalue weighted by molar-refractivity contribution is -0.133. The summed E-state index contributed by atoms with van der Waals surface area (Å²) in [6, 6.07) is 3.92. The van der Waals surface area contributed by atoms with Crippen LogP contribution >= 0.6 is 0 Å². The summed E-state index contributed by atoms with van der Waals surface area (Å²) in [5.41, 5.74) is 5.37. The topological polar surface area (TPSA) is 72.6 Å². The van der Waals surface area contributed by atoms with Gasteiger partial charge in [-0.15, -0.1) is 0 Å². The predicted octanol–water partition coefficient (Wildman–Crippen LogP) is 1.19. The lowest BCUT2D eigenvalue weighted by Crippen LogP contribution is -2.33. The molecule has 0 heterocycles. The second kappa shape index (κ2) is 5.26. The van der Waals surface area contributed by atoms with Gasteiger partial charge in [0.15, 0.2) is 6.61 Å². The summed E-state index contributed by atoms with van der Waals surface area (Å²) in [6.07, 6.45) is 1.95. The van der Waals surface area contributed by atoms with Crippen LogP contribution in [0.25, 0.3) is 0 Å². The molecule has 0 bridgehead atoms. The molecule has 0 radical (unpaired) electrons. The summed E-state index contributed by atoms with van der Waals surface area (Å²) in [7, 11) is 1.66. The Bertz CT molecular complexity index is 515. The van der Waals surface area contributed by atoms with Gasteiger partial charge < -0.3 is 15.4 Å². The molecule has 0 aromatic heterocycles. The number of nitrogen functional groups attached to an aromatic ring is 1. The van der Waals surface area contributed by atoms with Crippen LogP contribution in [-0.4, -0.2) is 36.5 Å². The van der Waals surface area contributed by atoms with Crippen LogP contribution < -0.4 is 5.73 Å². The minimum absolute atomic E-state index is 0.221. The average Bonchev–Trinajstić information content (AvgIpc) is 3.18. The molecule has 102 valence electrons. The number of benzene rings is 1. The summed E-state index contributed by atoms with van der Waals surface area (Å²) in [5, 5.41) is 0. The highest BCUT2D eigenvalue weighted by molar-refractivity contribution is 5.92. The lowest BCUT2D eigenvalue weighted by atomic mass is 10.2. The van der Waals surface area contributed by atoms with E-state index >= 15 is 0 Å². The molecule has 0 unspecified atom stereocenters. The molecule has 1 aromatic rings. The molecule has 5 nitrogen and oxygen atoms in total. The smallest absolute Gasteiger partial charge is 0.341 e. The number of halogens is 1. The fraction of sp³-hybridized carbons (Fsp3) is 0.385. The van der Waals surface area contributed by atoms with Gasteiger partial charge in [0.05, 0.1) is 5.56 Å². The monoisotopic (exact) mass is 266 g/mol. The number of amides is 1. The minimum atomic E-state index is -0.866. The second-order valence-electron chi connectivity index (χ2n) is 4.55. The van der Waals surface area contributed by atoms with Gasteiger partial charge in [-0.25, -0.2) is 9.18 Å². The molecule has 2 rings (SSSR count). The van der Waals surface area contributed by atoms with Crippen LogP contribution in [0.1, 0.15) is 23.2 Å². The number of ether oxygens (including phenoxy) is 1. The van der Waals surface area contributed by atoms with E-state index in [1.807, 2.05) is 0 Å². The van der Waals surface area contributed by atoms with Crippen molar-refractivity contribution in [2.75, 3.05) is 19.4 Å². The maximum absolute atomic E-state index is 13.4. The Morgan fingerprint density at radius 1 is 1.47 bits per heavy atom. The Hall–Kier alpha value is -2.11. The quantitative estimate of drug-likeness (QED) is 0.656. The standard InChI is InChI=1S/C13H15FN2O3/c1-16(9-3-4-9)12(17)7-19-13(18)10-5-2-8(15)6-11(10)14/h2,5-6,9H,3-4,7,15H2,1H3. The number of likely N-dealkylation sites (N-methyl/N-ethyl adjacent to an activating group) is 1. The Labute approximate surface area is 110 Å². The number of rotatable bonds is 4. The molecule has 1 saturated carbocycles. The first-order valence-electron chi connectivity index (χ1n) is 5.97. The van der Waals surface area contributed by atoms with E-state index < -0.39 is 11.8 Å². The van der Waals surface area contributed by atoms with E-state index in [1.165, 1.54) is 12.1 Å². The number of nitrogens with two attached hydrogens (primary N) is 1. The first kappa shape index (κ1) is 13.3. The van der Waals surface area contributed by atoms with E-state index in [4.69, 9.17) is 10.5 Å². The number of esters is 1. The van der Waals surface area contributed by atoms with Crippen molar-refractivity contribution < 1.29 is 18.7 Å². The Morgan fingerprint density at radius 2 is 2.16 bits per heavy atom. The van der Waals surface area contributed by atoms with Crippen molar-refractivity contribution in [2.45, 2.75) is 18.9 Å². The van der Waals surface area contributed by atoms with Gasteiger partial charge in [0.25, 0.3) is 5.91 Å². The molecule has 19 heavy (non-hydrogen) atoms. The van der Waals surface area contributed by atoms with E-state index in [-0.39, 0.29) is 29.8 Å². The predicted molar refractivity (Wildman–Crippen MR) is 66.9 cm³/mol. The maximum atomic E-state index is 13.4. The van der Waals surface area contributed by atoms with Gasteiger partial charge in [-0.2, -0.15) is 0 Å². The highest BCUT2D eigenvalue weighted by atomic mass is 19.1. The summed E-state index contributed by atoms with van der Waals surface area (Å²) in [4.78, 5) is 24.8. The molecule has 2 N–H and O–H groups in total. The molecular formula is C13H15FN2O3. The van der Waals surface area contributed by atoms with Gasteiger partial charge in [-0.3, -0.25) is 4.79 Å². The van der Waals surface area contributed by atoms with Gasteiger partial charge >= 0.3 is 5.97 Å². The van der Waals surface area contributed by atoms with Crippen molar-refractivity contribution in [3.05, 3.63) is 29.6 Å². The first-order valence-corrected chi connectivity index (χ1v) is 5.97. The van der Waals surface area contributed by atoms with Crippen LogP contribution in [0, 0.1) is 5.82 Å². The Morgan fingerprint density at radius 3 is 2.74 bits per heavy atom. The zero-order valence-electron chi connectivity index (χ0n) is 10.6. The largest absolute Gasteiger partial charge is 0.452 e. The number of carbonyl (C=O) groups excluding carboxylic acids is 2. The summed E-state index contributed by atoms with van der Waals surface area (Å²) in [5.74, 6) is -1.91. The molecule has 1 amide bonds. The summed E-state index contributed by atoms with van der Waals surface area (Å²) >= 11 is 0. The van der Waals surface area contributed by atoms with Crippen LogP contribution in [-0.2, 0) is 9.53 Å². The Balaban J connectivity index is 1.91. The van der Waals surface area contributed by atoms with Crippen LogP contribution in [0.5, 0.6) is 0 Å². The third-order valence-electron chi connectivity index (χ3n) is 3.03. The van der Waals surface area contributed by atoms with Crippen LogP contribution in [0.4, 0.5) is 10.1 Å². The van der Waals surface area contributed by atoms with Gasteiger partial charge in [0.2, 0.25) is 0 Å². The van der Waals surface area contributed by atoms with Gasteiger partial charge in [0, 0.05) is 18.8 Å². The van der Waals surface area contributed by atoms with E-state index in [0.717, 1.165) is 18.9 Å². The van der Waals surface area contributed by atoms with E-state index in [9.17, 15) is 14.0 Å². The van der Waals surface area contributed by atoms with E-state index in [1.54, 1.807) is 11.9 Å². The Kier molecular flexibility index (Phi) is 3.69. The van der Waals surface area contributed by atoms with Crippen molar-refractivity contribution in [2.24, 2.45) is 0 Å². The van der Waals surface area contributed by atoms with E-state index in [0.29, 0.717) is 0 Å². The van der Waals surface area contributed by atoms with Crippen molar-refractivity contribution in [3.63, 3.8) is 0 Å². The lowest BCUT2D eigenvalue weighted by Gasteiger charge is -2.15. The molecule has 0 saturated heterocycles. The van der Waals surface area contributed by atoms with E-state index in [2.05, 4.69) is 0 Å². The fourth-order valence-electron chi connectivity index (χ4n) is 1.67. The molecular weight excluding hydrogens is 251 g/mol. The van der Waals surface area contributed by atoms with Crippen molar-refractivity contribution in [3.8, 4) is 0 Å². The van der Waals surface area contributed by atoms with Crippen LogP contribution in [0.2, 0.25) is 0 Å². The van der Waals surface area contributed by atoms with Crippen LogP contribution in [0.15, 0.2) is 18.2 Å². The third-order valence-corrected chi connectivity index (χ3v) is 3.03. The zero-order valence-corrected chi connectivity index (χ0v) is 10.6. The maximum Gasteiger partial charge on any atom is 0.341 e. The number of nitrogens with zero attached hydrogens (tertiary/aromatic N) is 1. The number of hydrogen-bond acceptors (Lipinski definition) is 4. The number of carbonyl (C=O) groups is 2. The molecule has 1 aliphatic carbocycles. The highest BCUT2D eigenvalue weighted by Crippen LogP contribution is 2.25. The van der Waals surface area contributed by atoms with Crippen molar-refractivity contribution in [1.29, 1.82) is 0 Å². The van der Waals surface area contributed by atoms with Gasteiger partial charge in [-0.05, 0) is 31.0 Å². The normalized spacial score (nSPS) is 14.0. The molecule has 0 spiro atoms. The SMILES string of the molecule is CN(C(=O)COC(=O)c1ccc(N)cc1F)C1CC1. The summed E-state index contributed by atoms with van der Waals surface area (Å²) in [6.45, 7) is -0.379. The average molecular weight is 266 g/mol. The molecule has 0 atom stereocenters. The molecule has 1 aromatic carbocycles. The summed E-state index contributed by atoms with van der Waals surface area (Å²) < 4.78 is 18.2. The molecule has 0 aliphatic heterocycles. The third kappa shape index (κ3) is 3.21. The highest BCUT2D eigenvalue weighted by Gasteiger charge is 2.30. The van der Waals surface area contributed by atoms with Gasteiger partial charge in [0.1, 0.15) is 5.82 Å². The van der Waals surface area contributed by atoms with Gasteiger partial charge in [-0.1, -0.05) is 0 Å².